The van der Waals surface area contributed by atoms with E-state index < -0.39 is 0 Å². The van der Waals surface area contributed by atoms with E-state index in [2.05, 4.69) is 14.9 Å². The van der Waals surface area contributed by atoms with Crippen LogP contribution in [0.15, 0.2) is 41.5 Å². The molecule has 2 N–H and O–H groups in total. The number of amides is 1. The molecule has 0 saturated carbocycles. The van der Waals surface area contributed by atoms with Gasteiger partial charge in [-0.3, -0.25) is 9.59 Å². The van der Waals surface area contributed by atoms with Crippen molar-refractivity contribution in [2.45, 2.75) is 32.4 Å². The van der Waals surface area contributed by atoms with Crippen LogP contribution in [0.25, 0.3) is 10.8 Å². The van der Waals surface area contributed by atoms with Gasteiger partial charge in [-0.15, -0.1) is 0 Å². The maximum Gasteiger partial charge on any atom is 0.263 e. The first-order chi connectivity index (χ1) is 14.1. The minimum absolute atomic E-state index is 0.0480. The second-order valence-corrected chi connectivity index (χ2v) is 7.52. The molecule has 8 nitrogen and oxygen atoms in total. The number of hydrogen-bond acceptors (Lipinski definition) is 6. The van der Waals surface area contributed by atoms with Crippen LogP contribution in [-0.4, -0.2) is 39.6 Å². The van der Waals surface area contributed by atoms with Gasteiger partial charge in [0.2, 0.25) is 5.95 Å². The Labute approximate surface area is 167 Å². The van der Waals surface area contributed by atoms with Gasteiger partial charge in [0.15, 0.2) is 0 Å². The van der Waals surface area contributed by atoms with Gasteiger partial charge in [0.05, 0.1) is 5.69 Å². The van der Waals surface area contributed by atoms with Gasteiger partial charge in [-0.05, 0) is 38.0 Å². The summed E-state index contributed by atoms with van der Waals surface area (Å²) in [7, 11) is 0. The molecule has 0 radical (unpaired) electrons. The van der Waals surface area contributed by atoms with Gasteiger partial charge in [0.25, 0.3) is 11.5 Å². The van der Waals surface area contributed by atoms with E-state index in [0.29, 0.717) is 29.9 Å². The topological polar surface area (TPSA) is 97.3 Å². The van der Waals surface area contributed by atoms with Gasteiger partial charge < -0.3 is 20.1 Å². The number of hydrogen-bond donors (Lipinski definition) is 1. The summed E-state index contributed by atoms with van der Waals surface area (Å²) in [5, 5.41) is 1.39. The molecule has 0 bridgehead atoms. The molecule has 1 aromatic carbocycles. The Morgan fingerprint density at radius 2 is 2.07 bits per heavy atom. The molecule has 3 aromatic rings. The molecule has 0 unspecified atom stereocenters. The number of pyridine rings is 1. The van der Waals surface area contributed by atoms with Crippen LogP contribution in [0.3, 0.4) is 0 Å². The van der Waals surface area contributed by atoms with E-state index >= 15 is 0 Å². The van der Waals surface area contributed by atoms with Gasteiger partial charge >= 0.3 is 0 Å². The average molecular weight is 390 g/mol. The zero-order chi connectivity index (χ0) is 20.1. The zero-order valence-corrected chi connectivity index (χ0v) is 16.2. The van der Waals surface area contributed by atoms with Crippen molar-refractivity contribution in [1.29, 1.82) is 0 Å². The molecule has 4 heterocycles. The van der Waals surface area contributed by atoms with Crippen LogP contribution in [0, 0.1) is 0 Å². The first-order valence-corrected chi connectivity index (χ1v) is 9.91. The molecule has 1 atom stereocenters. The second kappa shape index (κ2) is 6.58. The third-order valence-electron chi connectivity index (χ3n) is 5.93. The van der Waals surface area contributed by atoms with E-state index in [1.807, 2.05) is 31.2 Å². The highest BCUT2D eigenvalue weighted by atomic mass is 16.2. The average Bonchev–Trinajstić information content (AvgIpc) is 3.16. The fourth-order valence-electron chi connectivity index (χ4n) is 4.49. The molecule has 0 spiro atoms. The van der Waals surface area contributed by atoms with Crippen molar-refractivity contribution in [3.63, 3.8) is 0 Å². The monoisotopic (exact) mass is 390 g/mol. The van der Waals surface area contributed by atoms with Crippen LogP contribution < -0.4 is 21.1 Å². The maximum atomic E-state index is 13.5. The minimum Gasteiger partial charge on any atom is -0.368 e. The lowest BCUT2D eigenvalue weighted by atomic mass is 10.1. The van der Waals surface area contributed by atoms with Crippen molar-refractivity contribution < 1.29 is 4.79 Å². The molecule has 148 valence electrons. The van der Waals surface area contributed by atoms with E-state index in [-0.39, 0.29) is 23.5 Å². The largest absolute Gasteiger partial charge is 0.368 e. The van der Waals surface area contributed by atoms with Crippen molar-refractivity contribution in [3.05, 3.63) is 52.6 Å². The third-order valence-corrected chi connectivity index (χ3v) is 5.93. The summed E-state index contributed by atoms with van der Waals surface area (Å²) in [6, 6.07) is 7.62. The number of aryl methyl sites for hydroxylation is 1. The molecule has 1 fully saturated rings. The van der Waals surface area contributed by atoms with Gasteiger partial charge in [-0.25, -0.2) is 4.98 Å². The zero-order valence-electron chi connectivity index (χ0n) is 16.2. The highest BCUT2D eigenvalue weighted by Crippen LogP contribution is 2.35. The molecule has 8 heteroatoms. The first kappa shape index (κ1) is 17.7. The summed E-state index contributed by atoms with van der Waals surface area (Å²) in [5.74, 6) is 0.614. The molecular formula is C21H22N6O2. The molecule has 2 aliphatic heterocycles. The lowest BCUT2D eigenvalue weighted by Gasteiger charge is -2.27. The molecule has 5 rings (SSSR count). The summed E-state index contributed by atoms with van der Waals surface area (Å²) < 4.78 is 1.67. The van der Waals surface area contributed by atoms with Crippen molar-refractivity contribution >= 4 is 34.1 Å². The smallest absolute Gasteiger partial charge is 0.263 e. The van der Waals surface area contributed by atoms with Crippen molar-refractivity contribution in [2.75, 3.05) is 28.6 Å². The number of benzene rings is 1. The second-order valence-electron chi connectivity index (χ2n) is 7.52. The summed E-state index contributed by atoms with van der Waals surface area (Å²) >= 11 is 0. The van der Waals surface area contributed by atoms with Crippen LogP contribution in [0.4, 0.5) is 17.5 Å². The van der Waals surface area contributed by atoms with Crippen LogP contribution in [0.1, 0.15) is 30.1 Å². The fraction of sp³-hybridized carbons (Fsp3) is 0.333. The number of nitrogens with two attached hydrogens (primary N) is 1. The molecule has 2 aliphatic rings. The van der Waals surface area contributed by atoms with Crippen molar-refractivity contribution in [3.8, 4) is 0 Å². The number of aromatic nitrogens is 3. The number of carbonyl (C=O) groups is 1. The predicted molar refractivity (Wildman–Crippen MR) is 112 cm³/mol. The van der Waals surface area contributed by atoms with Crippen LogP contribution >= 0.6 is 0 Å². The number of rotatable bonds is 2. The fourth-order valence-corrected chi connectivity index (χ4v) is 4.49. The Kier molecular flexibility index (Phi) is 4.01. The van der Waals surface area contributed by atoms with Crippen molar-refractivity contribution in [2.24, 2.45) is 0 Å². The normalized spacial score (nSPS) is 18.7. The first-order valence-electron chi connectivity index (χ1n) is 9.91. The Bertz CT molecular complexity index is 1190. The standard InChI is InChI=1S/C21H22N6O2/c1-2-25-10-8-14-15(19(25)28)6-3-7-17(14)27-12-13-5-4-9-26(13)18-16(20(27)29)11-23-21(22)24-18/h3,6-8,10-11,13H,2,4-5,9,12H2,1H3,(H2,22,23,24)/t13-/m0/s1. The summed E-state index contributed by atoms with van der Waals surface area (Å²) in [6.07, 6.45) is 5.31. The quantitative estimate of drug-likeness (QED) is 0.719. The van der Waals surface area contributed by atoms with E-state index in [0.717, 1.165) is 30.5 Å². The number of nitrogen functional groups attached to an aromatic ring is 1. The van der Waals surface area contributed by atoms with E-state index in [4.69, 9.17) is 5.73 Å². The number of nitrogens with zero attached hydrogens (tertiary/aromatic N) is 5. The van der Waals surface area contributed by atoms with Gasteiger partial charge in [-0.1, -0.05) is 6.07 Å². The molecule has 2 aromatic heterocycles. The predicted octanol–water partition coefficient (Wildman–Crippen LogP) is 2.02. The van der Waals surface area contributed by atoms with Crippen molar-refractivity contribution in [1.82, 2.24) is 14.5 Å². The van der Waals surface area contributed by atoms with Crippen LogP contribution in [-0.2, 0) is 6.54 Å². The SMILES string of the molecule is CCn1ccc2c(N3C[C@@H]4CCCN4c4nc(N)ncc4C3=O)cccc2c1=O. The van der Waals surface area contributed by atoms with Gasteiger partial charge in [0, 0.05) is 48.8 Å². The highest BCUT2D eigenvalue weighted by Gasteiger charge is 2.37. The lowest BCUT2D eigenvalue weighted by Crippen LogP contribution is -2.40. The number of anilines is 3. The highest BCUT2D eigenvalue weighted by molar-refractivity contribution is 6.13. The van der Waals surface area contributed by atoms with E-state index in [9.17, 15) is 9.59 Å². The van der Waals surface area contributed by atoms with E-state index in [1.54, 1.807) is 15.7 Å². The van der Waals surface area contributed by atoms with Crippen LogP contribution in [0.2, 0.25) is 0 Å². The third kappa shape index (κ3) is 2.66. The summed E-state index contributed by atoms with van der Waals surface area (Å²) in [5.41, 5.74) is 6.95. The Morgan fingerprint density at radius 3 is 2.90 bits per heavy atom. The van der Waals surface area contributed by atoms with Crippen LogP contribution in [0.5, 0.6) is 0 Å². The number of carbonyl (C=O) groups excluding carboxylic acids is 1. The molecule has 1 saturated heterocycles. The summed E-state index contributed by atoms with van der Waals surface area (Å²) in [4.78, 5) is 38.7. The molecular weight excluding hydrogens is 368 g/mol. The minimum atomic E-state index is -0.165. The molecule has 1 amide bonds. The summed E-state index contributed by atoms with van der Waals surface area (Å²) in [6.45, 7) is 3.91. The Hall–Kier alpha value is -3.42. The molecule has 29 heavy (non-hydrogen) atoms. The molecule has 0 aliphatic carbocycles. The lowest BCUT2D eigenvalue weighted by molar-refractivity contribution is 0.0988. The van der Waals surface area contributed by atoms with Gasteiger partial charge in [0.1, 0.15) is 11.4 Å². The van der Waals surface area contributed by atoms with Gasteiger partial charge in [-0.2, -0.15) is 4.98 Å². The Morgan fingerprint density at radius 1 is 1.21 bits per heavy atom. The van der Waals surface area contributed by atoms with E-state index in [1.165, 1.54) is 6.20 Å². The Balaban J connectivity index is 1.70. The maximum absolute atomic E-state index is 13.5. The number of fused-ring (bicyclic) bond motifs is 4.